The SMILES string of the molecule is c1ccc(-c2ccc(N(c3ccccc3)c3ccc(-c4cc(-n5c6ccccc6c6ccccc65)cc5c4oc4ccccc45)cc3)cc2)cc1. The highest BCUT2D eigenvalue weighted by molar-refractivity contribution is 6.13. The summed E-state index contributed by atoms with van der Waals surface area (Å²) in [6, 6.07) is 69.0. The van der Waals surface area contributed by atoms with E-state index in [1.54, 1.807) is 0 Å². The maximum Gasteiger partial charge on any atom is 0.143 e. The maximum atomic E-state index is 6.63. The third-order valence-corrected chi connectivity index (χ3v) is 9.98. The molecule has 0 atom stereocenters. The van der Waals surface area contributed by atoms with Crippen molar-refractivity contribution in [3.63, 3.8) is 0 Å². The monoisotopic (exact) mass is 652 g/mol. The van der Waals surface area contributed by atoms with Crippen LogP contribution in [0.3, 0.4) is 0 Å². The number of hydrogen-bond acceptors (Lipinski definition) is 2. The number of anilines is 3. The van der Waals surface area contributed by atoms with Crippen LogP contribution in [0.4, 0.5) is 17.1 Å². The molecule has 0 N–H and O–H groups in total. The van der Waals surface area contributed by atoms with Crippen molar-refractivity contribution in [3.05, 3.63) is 194 Å². The second kappa shape index (κ2) is 11.9. The Morgan fingerprint density at radius 2 is 0.863 bits per heavy atom. The van der Waals surface area contributed by atoms with Crippen LogP contribution < -0.4 is 4.90 Å². The first-order valence-electron chi connectivity index (χ1n) is 17.4. The van der Waals surface area contributed by atoms with Crippen LogP contribution in [0, 0.1) is 0 Å². The second-order valence-electron chi connectivity index (χ2n) is 13.0. The quantitative estimate of drug-likeness (QED) is 0.178. The summed E-state index contributed by atoms with van der Waals surface area (Å²) < 4.78 is 9.02. The lowest BCUT2D eigenvalue weighted by atomic mass is 10.00. The van der Waals surface area contributed by atoms with E-state index in [2.05, 4.69) is 198 Å². The van der Waals surface area contributed by atoms with Gasteiger partial charge < -0.3 is 13.9 Å². The summed E-state index contributed by atoms with van der Waals surface area (Å²) in [5, 5.41) is 4.71. The Bertz CT molecular complexity index is 2780. The van der Waals surface area contributed by atoms with E-state index in [1.165, 1.54) is 32.9 Å². The second-order valence-corrected chi connectivity index (χ2v) is 13.0. The maximum absolute atomic E-state index is 6.63. The Morgan fingerprint density at radius 3 is 1.51 bits per heavy atom. The van der Waals surface area contributed by atoms with Crippen molar-refractivity contribution in [2.45, 2.75) is 0 Å². The van der Waals surface area contributed by atoms with Crippen LogP contribution in [0.15, 0.2) is 199 Å². The molecule has 0 saturated heterocycles. The molecule has 0 unspecified atom stereocenters. The zero-order chi connectivity index (χ0) is 33.7. The van der Waals surface area contributed by atoms with Crippen molar-refractivity contribution >= 4 is 60.8 Å². The number of fused-ring (bicyclic) bond motifs is 6. The molecule has 2 aromatic heterocycles. The molecule has 0 amide bonds. The summed E-state index contributed by atoms with van der Waals surface area (Å²) in [6.45, 7) is 0. The number of nitrogens with zero attached hydrogens (tertiary/aromatic N) is 2. The van der Waals surface area contributed by atoms with Gasteiger partial charge in [0.2, 0.25) is 0 Å². The fraction of sp³-hybridized carbons (Fsp3) is 0. The molecule has 0 fully saturated rings. The van der Waals surface area contributed by atoms with Gasteiger partial charge in [0.15, 0.2) is 0 Å². The lowest BCUT2D eigenvalue weighted by Crippen LogP contribution is -2.09. The number of rotatable bonds is 6. The molecule has 8 aromatic carbocycles. The normalized spacial score (nSPS) is 11.5. The summed E-state index contributed by atoms with van der Waals surface area (Å²) in [5.41, 5.74) is 13.1. The number of para-hydroxylation sites is 4. The van der Waals surface area contributed by atoms with E-state index in [4.69, 9.17) is 4.42 Å². The molecule has 2 heterocycles. The Morgan fingerprint density at radius 1 is 0.373 bits per heavy atom. The van der Waals surface area contributed by atoms with Gasteiger partial charge in [-0.1, -0.05) is 127 Å². The van der Waals surface area contributed by atoms with Gasteiger partial charge in [0.25, 0.3) is 0 Å². The molecule has 3 nitrogen and oxygen atoms in total. The topological polar surface area (TPSA) is 21.3 Å². The molecule has 0 aliphatic heterocycles. The number of furan rings is 1. The number of hydrogen-bond donors (Lipinski definition) is 0. The van der Waals surface area contributed by atoms with Gasteiger partial charge in [-0.05, 0) is 83.4 Å². The van der Waals surface area contributed by atoms with Crippen molar-refractivity contribution in [2.24, 2.45) is 0 Å². The molecule has 0 radical (unpaired) electrons. The predicted molar refractivity (Wildman–Crippen MR) is 214 cm³/mol. The number of aromatic nitrogens is 1. The molecular weight excluding hydrogens is 621 g/mol. The van der Waals surface area contributed by atoms with Crippen LogP contribution >= 0.6 is 0 Å². The van der Waals surface area contributed by atoms with E-state index in [1.807, 2.05) is 6.07 Å². The third-order valence-electron chi connectivity index (χ3n) is 9.98. The van der Waals surface area contributed by atoms with Gasteiger partial charge in [-0.25, -0.2) is 0 Å². The minimum atomic E-state index is 0.888. The third kappa shape index (κ3) is 4.90. The summed E-state index contributed by atoms with van der Waals surface area (Å²) in [4.78, 5) is 2.31. The van der Waals surface area contributed by atoms with Gasteiger partial charge >= 0.3 is 0 Å². The van der Waals surface area contributed by atoms with Crippen molar-refractivity contribution in [2.75, 3.05) is 4.90 Å². The van der Waals surface area contributed by atoms with Gasteiger partial charge in [0, 0.05) is 49.9 Å². The molecule has 0 spiro atoms. The van der Waals surface area contributed by atoms with Crippen molar-refractivity contribution < 1.29 is 4.42 Å². The molecule has 10 rings (SSSR count). The van der Waals surface area contributed by atoms with Crippen molar-refractivity contribution in [1.29, 1.82) is 0 Å². The Kier molecular flexibility index (Phi) is 6.81. The summed E-state index contributed by atoms with van der Waals surface area (Å²) in [6.07, 6.45) is 0. The standard InChI is InChI=1S/C48H32N2O/c1-3-13-33(14-4-1)34-23-27-37(28-24-34)49(36-15-5-2-6-16-36)38-29-25-35(26-30-38)43-31-39(32-44-42-19-9-12-22-47(42)51-48(43)44)50-45-20-10-7-17-40(45)41-18-8-11-21-46(41)50/h1-32H. The summed E-state index contributed by atoms with van der Waals surface area (Å²) in [7, 11) is 0. The average Bonchev–Trinajstić information content (AvgIpc) is 3.75. The largest absolute Gasteiger partial charge is 0.455 e. The first kappa shape index (κ1) is 29.1. The van der Waals surface area contributed by atoms with Gasteiger partial charge in [-0.15, -0.1) is 0 Å². The average molecular weight is 653 g/mol. The van der Waals surface area contributed by atoms with Crippen LogP contribution in [-0.2, 0) is 0 Å². The van der Waals surface area contributed by atoms with Crippen molar-refractivity contribution in [3.8, 4) is 27.9 Å². The Balaban J connectivity index is 1.13. The molecule has 51 heavy (non-hydrogen) atoms. The number of benzene rings is 8. The van der Waals surface area contributed by atoms with Gasteiger partial charge in [0.05, 0.1) is 11.0 Å². The van der Waals surface area contributed by atoms with Crippen LogP contribution in [0.1, 0.15) is 0 Å². The van der Waals surface area contributed by atoms with E-state index in [0.29, 0.717) is 0 Å². The Hall–Kier alpha value is -6.84. The molecule has 10 aromatic rings. The van der Waals surface area contributed by atoms with E-state index in [-0.39, 0.29) is 0 Å². The summed E-state index contributed by atoms with van der Waals surface area (Å²) >= 11 is 0. The minimum absolute atomic E-state index is 0.888. The van der Waals surface area contributed by atoms with E-state index < -0.39 is 0 Å². The van der Waals surface area contributed by atoms with Crippen LogP contribution in [0.25, 0.3) is 71.7 Å². The molecular formula is C48H32N2O. The fourth-order valence-corrected chi connectivity index (χ4v) is 7.60. The highest BCUT2D eigenvalue weighted by atomic mass is 16.3. The van der Waals surface area contributed by atoms with E-state index in [9.17, 15) is 0 Å². The highest BCUT2D eigenvalue weighted by Gasteiger charge is 2.19. The molecule has 240 valence electrons. The molecule has 3 heteroatoms. The van der Waals surface area contributed by atoms with Crippen LogP contribution in [0.2, 0.25) is 0 Å². The van der Waals surface area contributed by atoms with E-state index >= 15 is 0 Å². The first-order chi connectivity index (χ1) is 25.3. The molecule has 0 bridgehead atoms. The van der Waals surface area contributed by atoms with Gasteiger partial charge in [-0.2, -0.15) is 0 Å². The van der Waals surface area contributed by atoms with Crippen LogP contribution in [-0.4, -0.2) is 4.57 Å². The first-order valence-corrected chi connectivity index (χ1v) is 17.4. The fourth-order valence-electron chi connectivity index (χ4n) is 7.60. The minimum Gasteiger partial charge on any atom is -0.455 e. The van der Waals surface area contributed by atoms with Gasteiger partial charge in [-0.3, -0.25) is 0 Å². The smallest absolute Gasteiger partial charge is 0.143 e. The lowest BCUT2D eigenvalue weighted by Gasteiger charge is -2.26. The molecule has 0 saturated carbocycles. The highest BCUT2D eigenvalue weighted by Crippen LogP contribution is 2.42. The van der Waals surface area contributed by atoms with Gasteiger partial charge in [0.1, 0.15) is 11.2 Å². The zero-order valence-corrected chi connectivity index (χ0v) is 27.8. The molecule has 0 aliphatic carbocycles. The van der Waals surface area contributed by atoms with E-state index in [0.717, 1.165) is 55.8 Å². The summed E-state index contributed by atoms with van der Waals surface area (Å²) in [5.74, 6) is 0. The predicted octanol–water partition coefficient (Wildman–Crippen LogP) is 13.5. The Labute approximate surface area is 295 Å². The van der Waals surface area contributed by atoms with Crippen molar-refractivity contribution in [1.82, 2.24) is 4.57 Å². The zero-order valence-electron chi connectivity index (χ0n) is 27.8. The lowest BCUT2D eigenvalue weighted by molar-refractivity contribution is 0.670. The molecule has 0 aliphatic rings. The van der Waals surface area contributed by atoms with Crippen LogP contribution in [0.5, 0.6) is 0 Å².